The number of hydrogen-bond acceptors (Lipinski definition) is 2. The molecule has 1 amide bonds. The molecule has 18 heavy (non-hydrogen) atoms. The van der Waals surface area contributed by atoms with E-state index in [4.69, 9.17) is 11.6 Å². The Balaban J connectivity index is 2.36. The van der Waals surface area contributed by atoms with E-state index in [1.54, 1.807) is 22.6 Å². The van der Waals surface area contributed by atoms with Crippen LogP contribution in [-0.4, -0.2) is 22.4 Å². The maximum absolute atomic E-state index is 12.3. The Kier molecular flexibility index (Phi) is 2.36. The molecule has 5 heteroatoms. The van der Waals surface area contributed by atoms with Gasteiger partial charge in [-0.15, -0.1) is 0 Å². The average molecular weight is 267 g/mol. The molecular weight excluding hydrogens is 252 g/mol. The molecule has 2 heterocycles. The molecule has 1 saturated carbocycles. The maximum Gasteiger partial charge on any atom is 0.272 e. The maximum atomic E-state index is 12.3. The van der Waals surface area contributed by atoms with Crippen molar-refractivity contribution in [3.8, 4) is 0 Å². The number of amides is 1. The number of hydrogen-bond donors (Lipinski definition) is 0. The van der Waals surface area contributed by atoms with Crippen molar-refractivity contribution in [2.45, 2.75) is 31.8 Å². The van der Waals surface area contributed by atoms with Crippen molar-refractivity contribution in [2.75, 3.05) is 7.05 Å². The minimum absolute atomic E-state index is 0.0856. The molecule has 3 rings (SSSR count). The van der Waals surface area contributed by atoms with E-state index in [0.717, 1.165) is 19.3 Å². The smallest absolute Gasteiger partial charge is 0.272 e. The van der Waals surface area contributed by atoms with Gasteiger partial charge >= 0.3 is 0 Å². The van der Waals surface area contributed by atoms with Crippen LogP contribution in [0.4, 0.5) is 0 Å². The Morgan fingerprint density at radius 2 is 2.11 bits per heavy atom. The van der Waals surface area contributed by atoms with E-state index in [0.29, 0.717) is 5.69 Å². The molecule has 4 nitrogen and oxygen atoms in total. The zero-order valence-electron chi connectivity index (χ0n) is 10.4. The Morgan fingerprint density at radius 1 is 1.39 bits per heavy atom. The number of fused-ring (bicyclic) bond motifs is 2. The second-order valence-electron chi connectivity index (χ2n) is 5.24. The normalized spacial score (nSPS) is 30.3. The van der Waals surface area contributed by atoms with Gasteiger partial charge in [-0.05, 0) is 37.3 Å². The average Bonchev–Trinajstić information content (AvgIpc) is 2.82. The summed E-state index contributed by atoms with van der Waals surface area (Å²) in [6, 6.07) is 3.17. The van der Waals surface area contributed by atoms with Crippen molar-refractivity contribution >= 4 is 17.5 Å². The van der Waals surface area contributed by atoms with Gasteiger partial charge in [-0.2, -0.15) is 0 Å². The van der Waals surface area contributed by atoms with Gasteiger partial charge < -0.3 is 4.90 Å². The summed E-state index contributed by atoms with van der Waals surface area (Å²) in [4.78, 5) is 26.3. The van der Waals surface area contributed by atoms with Gasteiger partial charge in [0.05, 0.1) is 0 Å². The Bertz CT molecular complexity index is 595. The number of aromatic nitrogens is 1. The summed E-state index contributed by atoms with van der Waals surface area (Å²) in [7, 11) is 1.78. The number of nitrogens with zero attached hydrogens (tertiary/aromatic N) is 2. The highest BCUT2D eigenvalue weighted by molar-refractivity contribution is 6.30. The van der Waals surface area contributed by atoms with Crippen LogP contribution < -0.4 is 5.56 Å². The van der Waals surface area contributed by atoms with E-state index in [9.17, 15) is 9.59 Å². The lowest BCUT2D eigenvalue weighted by Gasteiger charge is -2.37. The van der Waals surface area contributed by atoms with Crippen LogP contribution >= 0.6 is 11.6 Å². The monoisotopic (exact) mass is 266 g/mol. The molecule has 96 valence electrons. The summed E-state index contributed by atoms with van der Waals surface area (Å²) in [5.41, 5.74) is -0.296. The Hall–Kier alpha value is -1.29. The first kappa shape index (κ1) is 11.8. The zero-order valence-corrected chi connectivity index (χ0v) is 11.2. The molecule has 0 saturated heterocycles. The summed E-state index contributed by atoms with van der Waals surface area (Å²) in [6.45, 7) is 2.10. The van der Waals surface area contributed by atoms with Gasteiger partial charge in [-0.1, -0.05) is 18.5 Å². The third-order valence-corrected chi connectivity index (χ3v) is 4.79. The highest BCUT2D eigenvalue weighted by Gasteiger charge is 2.53. The van der Waals surface area contributed by atoms with Crippen molar-refractivity contribution in [2.24, 2.45) is 5.92 Å². The standard InChI is InChI=1S/C13H15ClN2O2/c1-8-4-3-7-13(8)15(2)12(18)10-6-5-9(14)11(17)16(10)13/h5-6,8H,3-4,7H2,1-2H3. The molecule has 1 aromatic heterocycles. The minimum Gasteiger partial charge on any atom is -0.317 e. The summed E-state index contributed by atoms with van der Waals surface area (Å²) >= 11 is 5.93. The van der Waals surface area contributed by atoms with Crippen LogP contribution in [0.3, 0.4) is 0 Å². The van der Waals surface area contributed by atoms with Gasteiger partial charge in [0, 0.05) is 7.05 Å². The first-order valence-corrected chi connectivity index (χ1v) is 6.58. The number of pyridine rings is 1. The minimum atomic E-state index is -0.506. The van der Waals surface area contributed by atoms with Crippen LogP contribution in [0.5, 0.6) is 0 Å². The zero-order chi connectivity index (χ0) is 13.1. The molecule has 2 unspecified atom stereocenters. The number of rotatable bonds is 0. The largest absolute Gasteiger partial charge is 0.317 e. The molecule has 1 spiro atoms. The number of carbonyl (C=O) groups is 1. The molecule has 0 N–H and O–H groups in total. The first-order chi connectivity index (χ1) is 8.50. The fourth-order valence-electron chi connectivity index (χ4n) is 3.54. The van der Waals surface area contributed by atoms with E-state index in [2.05, 4.69) is 6.92 Å². The highest BCUT2D eigenvalue weighted by Crippen LogP contribution is 2.47. The van der Waals surface area contributed by atoms with Crippen LogP contribution in [0, 0.1) is 5.92 Å². The predicted octanol–water partition coefficient (Wildman–Crippen LogP) is 2.06. The molecule has 2 aliphatic rings. The van der Waals surface area contributed by atoms with Crippen LogP contribution in [0.15, 0.2) is 16.9 Å². The molecule has 0 aromatic carbocycles. The molecule has 2 atom stereocenters. The SMILES string of the molecule is CC1CCCC12N(C)C(=O)c1ccc(Cl)c(=O)n12. The Morgan fingerprint density at radius 3 is 2.72 bits per heavy atom. The van der Waals surface area contributed by atoms with Crippen LogP contribution in [-0.2, 0) is 5.66 Å². The molecule has 0 bridgehead atoms. The van der Waals surface area contributed by atoms with Gasteiger partial charge in [0.15, 0.2) is 0 Å². The fourth-order valence-corrected chi connectivity index (χ4v) is 3.69. The molecule has 1 aromatic rings. The molecule has 0 radical (unpaired) electrons. The lowest BCUT2D eigenvalue weighted by Crippen LogP contribution is -2.50. The third-order valence-electron chi connectivity index (χ3n) is 4.50. The summed E-state index contributed by atoms with van der Waals surface area (Å²) < 4.78 is 1.62. The van der Waals surface area contributed by atoms with E-state index < -0.39 is 5.66 Å². The number of carbonyl (C=O) groups excluding carboxylic acids is 1. The second kappa shape index (κ2) is 3.60. The van der Waals surface area contributed by atoms with Crippen molar-refractivity contribution in [1.29, 1.82) is 0 Å². The molecule has 1 aliphatic heterocycles. The van der Waals surface area contributed by atoms with Crippen molar-refractivity contribution in [3.05, 3.63) is 33.2 Å². The second-order valence-corrected chi connectivity index (χ2v) is 5.65. The van der Waals surface area contributed by atoms with Crippen LogP contribution in [0.2, 0.25) is 5.02 Å². The van der Waals surface area contributed by atoms with Crippen molar-refractivity contribution in [3.63, 3.8) is 0 Å². The third kappa shape index (κ3) is 1.17. The van der Waals surface area contributed by atoms with Gasteiger partial charge in [-0.3, -0.25) is 14.2 Å². The van der Waals surface area contributed by atoms with Crippen LogP contribution in [0.1, 0.15) is 36.7 Å². The lowest BCUT2D eigenvalue weighted by atomic mass is 9.97. The van der Waals surface area contributed by atoms with Gasteiger partial charge in [0.2, 0.25) is 0 Å². The summed E-state index contributed by atoms with van der Waals surface area (Å²) in [5.74, 6) is 0.182. The molecule has 1 aliphatic carbocycles. The van der Waals surface area contributed by atoms with Gasteiger partial charge in [-0.25, -0.2) is 0 Å². The van der Waals surface area contributed by atoms with E-state index in [1.807, 2.05) is 0 Å². The van der Waals surface area contributed by atoms with E-state index in [1.165, 1.54) is 6.07 Å². The van der Waals surface area contributed by atoms with E-state index in [-0.39, 0.29) is 22.4 Å². The first-order valence-electron chi connectivity index (χ1n) is 6.20. The molecular formula is C13H15ClN2O2. The highest BCUT2D eigenvalue weighted by atomic mass is 35.5. The number of halogens is 1. The Labute approximate surface area is 110 Å². The van der Waals surface area contributed by atoms with Crippen LogP contribution in [0.25, 0.3) is 0 Å². The van der Waals surface area contributed by atoms with Crippen molar-refractivity contribution in [1.82, 2.24) is 9.47 Å². The topological polar surface area (TPSA) is 42.3 Å². The summed E-state index contributed by atoms with van der Waals surface area (Å²) in [5, 5.41) is 0.181. The lowest BCUT2D eigenvalue weighted by molar-refractivity contribution is 0.0310. The molecule has 1 fully saturated rings. The van der Waals surface area contributed by atoms with Gasteiger partial charge in [0.25, 0.3) is 11.5 Å². The van der Waals surface area contributed by atoms with E-state index >= 15 is 0 Å². The van der Waals surface area contributed by atoms with Crippen molar-refractivity contribution < 1.29 is 4.79 Å². The fraction of sp³-hybridized carbons (Fsp3) is 0.538. The summed E-state index contributed by atoms with van der Waals surface area (Å²) in [6.07, 6.45) is 2.87. The quantitative estimate of drug-likeness (QED) is 0.721. The van der Waals surface area contributed by atoms with Gasteiger partial charge in [0.1, 0.15) is 16.4 Å². The predicted molar refractivity (Wildman–Crippen MR) is 68.8 cm³/mol.